The van der Waals surface area contributed by atoms with Crippen molar-refractivity contribution in [2.75, 3.05) is 13.6 Å². The number of fused-ring (bicyclic) bond motifs is 2. The second-order valence-corrected chi connectivity index (χ2v) is 13.0. The van der Waals surface area contributed by atoms with Crippen LogP contribution >= 0.6 is 0 Å². The Kier molecular flexibility index (Phi) is 7.30. The van der Waals surface area contributed by atoms with Crippen molar-refractivity contribution in [2.24, 2.45) is 0 Å². The van der Waals surface area contributed by atoms with Crippen LogP contribution in [0.2, 0.25) is 0 Å². The monoisotopic (exact) mass is 594 g/mol. The quantitative estimate of drug-likeness (QED) is 0.285. The van der Waals surface area contributed by atoms with Gasteiger partial charge >= 0.3 is 0 Å². The summed E-state index contributed by atoms with van der Waals surface area (Å²) >= 11 is 0. The van der Waals surface area contributed by atoms with Crippen molar-refractivity contribution in [3.05, 3.63) is 107 Å². The molecule has 41 heavy (non-hydrogen) atoms. The molecule has 12 heteroatoms. The Morgan fingerprint density at radius 1 is 0.488 bits per heavy atom. The molecular formula is C29H26N2O8S2. The van der Waals surface area contributed by atoms with Crippen LogP contribution < -0.4 is 28.4 Å². The van der Waals surface area contributed by atoms with E-state index in [0.29, 0.717) is 29.4 Å². The molecule has 0 radical (unpaired) electrons. The van der Waals surface area contributed by atoms with Crippen molar-refractivity contribution in [1.29, 1.82) is 0 Å². The molecule has 0 atom stereocenters. The zero-order chi connectivity index (χ0) is 28.5. The summed E-state index contributed by atoms with van der Waals surface area (Å²) in [6.07, 6.45) is 0.673. The fourth-order valence-electron chi connectivity index (χ4n) is 4.40. The maximum atomic E-state index is 12.7. The van der Waals surface area contributed by atoms with Gasteiger partial charge in [0.2, 0.25) is 33.6 Å². The van der Waals surface area contributed by atoms with Crippen molar-refractivity contribution < 1.29 is 35.8 Å². The van der Waals surface area contributed by atoms with E-state index in [2.05, 4.69) is 9.44 Å². The standard InChI is InChI=1S/C29H26N2O8S2/c32-40(33,24-9-11-26-28(14-24)38-18-36-26)30-16-22-5-1-20(2-6-22)13-21-3-7-23(8-4-21)17-31-41(34,35)25-10-12-27-29(15-25)39-19-37-27/h1-12,14-15,30-31H,13,16-19H2. The van der Waals surface area contributed by atoms with E-state index in [1.54, 1.807) is 12.1 Å². The van der Waals surface area contributed by atoms with Crippen LogP contribution in [-0.2, 0) is 39.6 Å². The Morgan fingerprint density at radius 2 is 0.854 bits per heavy atom. The van der Waals surface area contributed by atoms with Gasteiger partial charge in [-0.15, -0.1) is 0 Å². The Labute approximate surface area is 237 Å². The number of sulfonamides is 2. The van der Waals surface area contributed by atoms with Gasteiger partial charge in [-0.25, -0.2) is 26.3 Å². The lowest BCUT2D eigenvalue weighted by atomic mass is 10.0. The predicted octanol–water partition coefficient (Wildman–Crippen LogP) is 3.69. The number of hydrogen-bond acceptors (Lipinski definition) is 8. The van der Waals surface area contributed by atoms with Gasteiger partial charge in [0.15, 0.2) is 23.0 Å². The van der Waals surface area contributed by atoms with Gasteiger partial charge in [0, 0.05) is 25.2 Å². The van der Waals surface area contributed by atoms with E-state index in [9.17, 15) is 16.8 Å². The fraction of sp³-hybridized carbons (Fsp3) is 0.172. The van der Waals surface area contributed by atoms with Gasteiger partial charge in [-0.1, -0.05) is 48.5 Å². The van der Waals surface area contributed by atoms with E-state index in [4.69, 9.17) is 18.9 Å². The van der Waals surface area contributed by atoms with Crippen molar-refractivity contribution in [2.45, 2.75) is 29.3 Å². The molecule has 212 valence electrons. The molecular weight excluding hydrogens is 568 g/mol. The molecule has 4 aromatic rings. The van der Waals surface area contributed by atoms with Crippen LogP contribution in [-0.4, -0.2) is 30.4 Å². The molecule has 0 saturated heterocycles. The third-order valence-corrected chi connectivity index (χ3v) is 9.49. The second-order valence-electron chi connectivity index (χ2n) is 9.49. The molecule has 10 nitrogen and oxygen atoms in total. The molecule has 0 amide bonds. The van der Waals surface area contributed by atoms with E-state index in [-0.39, 0.29) is 36.5 Å². The maximum absolute atomic E-state index is 12.7. The average molecular weight is 595 g/mol. The Morgan fingerprint density at radius 3 is 1.27 bits per heavy atom. The molecule has 2 aliphatic heterocycles. The van der Waals surface area contributed by atoms with Gasteiger partial charge in [-0.05, 0) is 52.9 Å². The zero-order valence-corrected chi connectivity index (χ0v) is 23.3. The molecule has 0 spiro atoms. The lowest BCUT2D eigenvalue weighted by Gasteiger charge is -2.10. The predicted molar refractivity (Wildman–Crippen MR) is 149 cm³/mol. The van der Waals surface area contributed by atoms with E-state index in [0.717, 1.165) is 22.3 Å². The summed E-state index contributed by atoms with van der Waals surface area (Å²) in [6.45, 7) is 0.447. The molecule has 2 heterocycles. The normalized spacial score (nSPS) is 13.9. The van der Waals surface area contributed by atoms with Gasteiger partial charge in [-0.3, -0.25) is 0 Å². The van der Waals surface area contributed by atoms with E-state index < -0.39 is 20.0 Å². The molecule has 0 aliphatic carbocycles. The molecule has 0 bridgehead atoms. The minimum absolute atomic E-state index is 0.0769. The summed E-state index contributed by atoms with van der Waals surface area (Å²) in [5.74, 6) is 1.87. The first kappa shape index (κ1) is 27.1. The van der Waals surface area contributed by atoms with Crippen molar-refractivity contribution >= 4 is 20.0 Å². The van der Waals surface area contributed by atoms with Gasteiger partial charge < -0.3 is 18.9 Å². The zero-order valence-electron chi connectivity index (χ0n) is 21.7. The topological polar surface area (TPSA) is 129 Å². The van der Waals surface area contributed by atoms with E-state index >= 15 is 0 Å². The summed E-state index contributed by atoms with van der Waals surface area (Å²) < 4.78 is 77.0. The second kappa shape index (κ2) is 11.1. The molecule has 2 aliphatic rings. The summed E-state index contributed by atoms with van der Waals surface area (Å²) in [7, 11) is -7.43. The minimum Gasteiger partial charge on any atom is -0.454 e. The summed E-state index contributed by atoms with van der Waals surface area (Å²) in [5.41, 5.74) is 3.76. The van der Waals surface area contributed by atoms with Gasteiger partial charge in [0.05, 0.1) is 9.79 Å². The molecule has 0 unspecified atom stereocenters. The molecule has 0 fully saturated rings. The number of hydrogen-bond donors (Lipinski definition) is 2. The minimum atomic E-state index is -3.71. The van der Waals surface area contributed by atoms with Gasteiger partial charge in [0.1, 0.15) is 0 Å². The fourth-order valence-corrected chi connectivity index (χ4v) is 6.46. The molecule has 0 aromatic heterocycles. The highest BCUT2D eigenvalue weighted by Crippen LogP contribution is 2.34. The molecule has 2 N–H and O–H groups in total. The van der Waals surface area contributed by atoms with Crippen LogP contribution in [0.15, 0.2) is 94.7 Å². The van der Waals surface area contributed by atoms with Crippen molar-refractivity contribution in [1.82, 2.24) is 9.44 Å². The van der Waals surface area contributed by atoms with E-state index in [1.165, 1.54) is 24.3 Å². The smallest absolute Gasteiger partial charge is 0.241 e. The van der Waals surface area contributed by atoms with Crippen LogP contribution in [0.3, 0.4) is 0 Å². The Hall–Kier alpha value is -4.10. The highest BCUT2D eigenvalue weighted by Gasteiger charge is 2.21. The molecule has 4 aromatic carbocycles. The largest absolute Gasteiger partial charge is 0.454 e. The molecule has 0 saturated carbocycles. The van der Waals surface area contributed by atoms with E-state index in [1.807, 2.05) is 48.5 Å². The SMILES string of the molecule is O=S(=O)(NCc1ccc(Cc2ccc(CNS(=O)(=O)c3ccc4c(c3)OCO4)cc2)cc1)c1ccc2c(c1)OCO2. The summed E-state index contributed by atoms with van der Waals surface area (Å²) in [5, 5.41) is 0. The number of ether oxygens (including phenoxy) is 4. The van der Waals surface area contributed by atoms with Crippen LogP contribution in [0.25, 0.3) is 0 Å². The van der Waals surface area contributed by atoms with Crippen molar-refractivity contribution in [3.8, 4) is 23.0 Å². The van der Waals surface area contributed by atoms with Crippen molar-refractivity contribution in [3.63, 3.8) is 0 Å². The maximum Gasteiger partial charge on any atom is 0.241 e. The number of benzene rings is 4. The first-order valence-electron chi connectivity index (χ1n) is 12.7. The van der Waals surface area contributed by atoms with Gasteiger partial charge in [-0.2, -0.15) is 0 Å². The summed E-state index contributed by atoms with van der Waals surface area (Å²) in [4.78, 5) is 0.227. The average Bonchev–Trinajstić information content (AvgIpc) is 3.65. The lowest BCUT2D eigenvalue weighted by molar-refractivity contribution is 0.173. The Bertz CT molecular complexity index is 1660. The highest BCUT2D eigenvalue weighted by atomic mass is 32.2. The third-order valence-electron chi connectivity index (χ3n) is 6.70. The first-order valence-corrected chi connectivity index (χ1v) is 15.7. The highest BCUT2D eigenvalue weighted by molar-refractivity contribution is 7.89. The van der Waals surface area contributed by atoms with Gasteiger partial charge in [0.25, 0.3) is 0 Å². The third kappa shape index (κ3) is 6.15. The molecule has 6 rings (SSSR count). The summed E-state index contributed by atoms with van der Waals surface area (Å²) in [6, 6.07) is 24.4. The Balaban J connectivity index is 1.01. The van der Waals surface area contributed by atoms with Crippen LogP contribution in [0.1, 0.15) is 22.3 Å². The van der Waals surface area contributed by atoms with Crippen LogP contribution in [0, 0.1) is 0 Å². The number of nitrogens with one attached hydrogen (secondary N) is 2. The number of rotatable bonds is 10. The lowest BCUT2D eigenvalue weighted by Crippen LogP contribution is -2.23. The van der Waals surface area contributed by atoms with Crippen LogP contribution in [0.5, 0.6) is 23.0 Å². The van der Waals surface area contributed by atoms with Crippen LogP contribution in [0.4, 0.5) is 0 Å². The first-order chi connectivity index (χ1) is 19.7.